The lowest BCUT2D eigenvalue weighted by Gasteiger charge is -2.25. The van der Waals surface area contributed by atoms with E-state index in [0.29, 0.717) is 19.0 Å². The molecule has 0 radical (unpaired) electrons. The van der Waals surface area contributed by atoms with Gasteiger partial charge in [-0.3, -0.25) is 0 Å². The fourth-order valence-corrected chi connectivity index (χ4v) is 2.30. The molecule has 0 saturated carbocycles. The van der Waals surface area contributed by atoms with Gasteiger partial charge in [0.1, 0.15) is 5.75 Å². The minimum Gasteiger partial charge on any atom is -0.497 e. The average Bonchev–Trinajstić information content (AvgIpc) is 2.38. The van der Waals surface area contributed by atoms with Gasteiger partial charge >= 0.3 is 0 Å². The lowest BCUT2D eigenvalue weighted by Crippen LogP contribution is -2.38. The van der Waals surface area contributed by atoms with Crippen molar-refractivity contribution < 1.29 is 9.84 Å². The van der Waals surface area contributed by atoms with Gasteiger partial charge in [-0.15, -0.1) is 0 Å². The molecule has 1 aromatic carbocycles. The smallest absolute Gasteiger partial charge is 0.118 e. The molecule has 2 atom stereocenters. The molecule has 0 aliphatic heterocycles. The lowest BCUT2D eigenvalue weighted by atomic mass is 9.96. The minimum absolute atomic E-state index is 0.234. The van der Waals surface area contributed by atoms with Gasteiger partial charge in [0.15, 0.2) is 0 Å². The maximum absolute atomic E-state index is 9.96. The number of aliphatic hydroxyl groups is 1. The SMILES string of the molecule is COc1ccc(C(NCC(O)CN(C)C)C(C)C)cc1. The minimum atomic E-state index is -0.357. The lowest BCUT2D eigenvalue weighted by molar-refractivity contribution is 0.129. The van der Waals surface area contributed by atoms with Crippen molar-refractivity contribution in [1.82, 2.24) is 10.2 Å². The topological polar surface area (TPSA) is 44.7 Å². The number of hydrogen-bond donors (Lipinski definition) is 2. The van der Waals surface area contributed by atoms with Gasteiger partial charge in [0.05, 0.1) is 13.2 Å². The van der Waals surface area contributed by atoms with Gasteiger partial charge < -0.3 is 20.1 Å². The Labute approximate surface area is 122 Å². The Kier molecular flexibility index (Phi) is 6.99. The van der Waals surface area contributed by atoms with E-state index in [1.165, 1.54) is 5.56 Å². The summed E-state index contributed by atoms with van der Waals surface area (Å²) in [5.41, 5.74) is 1.22. The molecule has 114 valence electrons. The van der Waals surface area contributed by atoms with E-state index in [9.17, 15) is 5.11 Å². The first-order valence-corrected chi connectivity index (χ1v) is 7.14. The van der Waals surface area contributed by atoms with Crippen molar-refractivity contribution in [2.24, 2.45) is 5.92 Å². The Bertz CT molecular complexity index is 377. The molecule has 0 spiro atoms. The molecule has 0 amide bonds. The first-order chi connectivity index (χ1) is 9.43. The third kappa shape index (κ3) is 5.49. The normalized spacial score (nSPS) is 14.6. The monoisotopic (exact) mass is 280 g/mol. The number of aliphatic hydroxyl groups excluding tert-OH is 1. The van der Waals surface area contributed by atoms with Crippen LogP contribution in [-0.2, 0) is 0 Å². The van der Waals surface area contributed by atoms with Gasteiger partial charge in [0.25, 0.3) is 0 Å². The molecule has 0 aliphatic rings. The Morgan fingerprint density at radius 3 is 2.25 bits per heavy atom. The zero-order valence-electron chi connectivity index (χ0n) is 13.3. The number of nitrogens with one attached hydrogen (secondary N) is 1. The summed E-state index contributed by atoms with van der Waals surface area (Å²) in [6.07, 6.45) is -0.357. The average molecular weight is 280 g/mol. The van der Waals surface area contributed by atoms with Crippen LogP contribution in [0.4, 0.5) is 0 Å². The molecule has 0 aliphatic carbocycles. The van der Waals surface area contributed by atoms with E-state index in [2.05, 4.69) is 31.3 Å². The van der Waals surface area contributed by atoms with Crippen molar-refractivity contribution >= 4 is 0 Å². The van der Waals surface area contributed by atoms with Crippen molar-refractivity contribution in [2.75, 3.05) is 34.3 Å². The Hall–Kier alpha value is -1.10. The van der Waals surface area contributed by atoms with Crippen LogP contribution in [0.15, 0.2) is 24.3 Å². The van der Waals surface area contributed by atoms with Crippen LogP contribution in [0.1, 0.15) is 25.5 Å². The van der Waals surface area contributed by atoms with E-state index in [0.717, 1.165) is 5.75 Å². The van der Waals surface area contributed by atoms with Gasteiger partial charge in [-0.1, -0.05) is 26.0 Å². The fraction of sp³-hybridized carbons (Fsp3) is 0.625. The second kappa shape index (κ2) is 8.25. The summed E-state index contributed by atoms with van der Waals surface area (Å²) in [6.45, 7) is 5.62. The molecule has 2 unspecified atom stereocenters. The van der Waals surface area contributed by atoms with Crippen LogP contribution in [0.25, 0.3) is 0 Å². The van der Waals surface area contributed by atoms with Crippen molar-refractivity contribution in [3.8, 4) is 5.75 Å². The van der Waals surface area contributed by atoms with Gasteiger partial charge in [-0.25, -0.2) is 0 Å². The highest BCUT2D eigenvalue weighted by atomic mass is 16.5. The van der Waals surface area contributed by atoms with Crippen LogP contribution >= 0.6 is 0 Å². The molecule has 1 rings (SSSR count). The summed E-state index contributed by atoms with van der Waals surface area (Å²) in [5, 5.41) is 13.4. The quantitative estimate of drug-likeness (QED) is 0.763. The zero-order valence-corrected chi connectivity index (χ0v) is 13.3. The van der Waals surface area contributed by atoms with E-state index < -0.39 is 0 Å². The molecule has 0 aromatic heterocycles. The van der Waals surface area contributed by atoms with Crippen LogP contribution in [0, 0.1) is 5.92 Å². The number of nitrogens with zero attached hydrogens (tertiary/aromatic N) is 1. The van der Waals surface area contributed by atoms with Crippen LogP contribution < -0.4 is 10.1 Å². The van der Waals surface area contributed by atoms with E-state index in [4.69, 9.17) is 4.74 Å². The van der Waals surface area contributed by atoms with Crippen LogP contribution in [-0.4, -0.2) is 50.4 Å². The third-order valence-corrected chi connectivity index (χ3v) is 3.29. The fourth-order valence-electron chi connectivity index (χ4n) is 2.30. The van der Waals surface area contributed by atoms with Gasteiger partial charge in [0.2, 0.25) is 0 Å². The van der Waals surface area contributed by atoms with Gasteiger partial charge in [-0.05, 0) is 37.7 Å². The van der Waals surface area contributed by atoms with Crippen molar-refractivity contribution in [2.45, 2.75) is 26.0 Å². The Morgan fingerprint density at radius 1 is 1.20 bits per heavy atom. The molecule has 1 aromatic rings. The summed E-state index contributed by atoms with van der Waals surface area (Å²) in [6, 6.07) is 8.34. The number of likely N-dealkylation sites (N-methyl/N-ethyl adjacent to an activating group) is 1. The molecule has 0 heterocycles. The highest BCUT2D eigenvalue weighted by molar-refractivity contribution is 5.29. The van der Waals surface area contributed by atoms with E-state index in [1.54, 1.807) is 7.11 Å². The van der Waals surface area contributed by atoms with Gasteiger partial charge in [0, 0.05) is 19.1 Å². The summed E-state index contributed by atoms with van der Waals surface area (Å²) >= 11 is 0. The molecule has 4 heteroatoms. The second-order valence-electron chi connectivity index (χ2n) is 5.82. The Morgan fingerprint density at radius 2 is 1.80 bits per heavy atom. The summed E-state index contributed by atoms with van der Waals surface area (Å²) < 4.78 is 5.19. The molecular weight excluding hydrogens is 252 g/mol. The van der Waals surface area contributed by atoms with Crippen LogP contribution in [0.3, 0.4) is 0 Å². The summed E-state index contributed by atoms with van der Waals surface area (Å²) in [7, 11) is 5.60. The highest BCUT2D eigenvalue weighted by Gasteiger charge is 2.17. The molecule has 0 fully saturated rings. The summed E-state index contributed by atoms with van der Waals surface area (Å²) in [4.78, 5) is 1.99. The molecule has 20 heavy (non-hydrogen) atoms. The predicted octanol–water partition coefficient (Wildman–Crippen LogP) is 1.90. The maximum Gasteiger partial charge on any atom is 0.118 e. The van der Waals surface area contributed by atoms with Crippen molar-refractivity contribution in [3.05, 3.63) is 29.8 Å². The number of hydrogen-bond acceptors (Lipinski definition) is 4. The first kappa shape index (κ1) is 17.0. The second-order valence-corrected chi connectivity index (χ2v) is 5.82. The van der Waals surface area contributed by atoms with Gasteiger partial charge in [-0.2, -0.15) is 0 Å². The van der Waals surface area contributed by atoms with Crippen LogP contribution in [0.2, 0.25) is 0 Å². The number of ether oxygens (including phenoxy) is 1. The predicted molar refractivity (Wildman–Crippen MR) is 83.1 cm³/mol. The Balaban J connectivity index is 2.64. The third-order valence-electron chi connectivity index (χ3n) is 3.29. The standard InChI is InChI=1S/C16H28N2O2/c1-12(2)16(17-10-14(19)11-18(3)4)13-6-8-15(20-5)9-7-13/h6-9,12,14,16-17,19H,10-11H2,1-5H3. The molecule has 2 N–H and O–H groups in total. The van der Waals surface area contributed by atoms with E-state index >= 15 is 0 Å². The molecule has 4 nitrogen and oxygen atoms in total. The largest absolute Gasteiger partial charge is 0.497 e. The van der Waals surface area contributed by atoms with Crippen LogP contribution in [0.5, 0.6) is 5.75 Å². The van der Waals surface area contributed by atoms with E-state index in [1.807, 2.05) is 31.1 Å². The summed E-state index contributed by atoms with van der Waals surface area (Å²) in [5.74, 6) is 1.32. The molecule has 0 bridgehead atoms. The number of methoxy groups -OCH3 is 1. The van der Waals surface area contributed by atoms with Crippen molar-refractivity contribution in [1.29, 1.82) is 0 Å². The zero-order chi connectivity index (χ0) is 15.1. The number of rotatable bonds is 8. The first-order valence-electron chi connectivity index (χ1n) is 7.14. The van der Waals surface area contributed by atoms with E-state index in [-0.39, 0.29) is 12.1 Å². The maximum atomic E-state index is 9.96. The molecule has 0 saturated heterocycles. The molecular formula is C16H28N2O2. The van der Waals surface area contributed by atoms with Crippen molar-refractivity contribution in [3.63, 3.8) is 0 Å². The highest BCUT2D eigenvalue weighted by Crippen LogP contribution is 2.23. The number of benzene rings is 1.